The van der Waals surface area contributed by atoms with Gasteiger partial charge in [-0.1, -0.05) is 0 Å². The van der Waals surface area contributed by atoms with Gasteiger partial charge >= 0.3 is 6.09 Å². The smallest absolute Gasteiger partial charge is 0.407 e. The van der Waals surface area contributed by atoms with Crippen LogP contribution in [0, 0.1) is 5.92 Å². The molecule has 2 rings (SSSR count). The maximum Gasteiger partial charge on any atom is 0.407 e. The summed E-state index contributed by atoms with van der Waals surface area (Å²) >= 11 is 0. The minimum Gasteiger partial charge on any atom is -0.465 e. The zero-order chi connectivity index (χ0) is 15.8. The van der Waals surface area contributed by atoms with Gasteiger partial charge in [0, 0.05) is 24.8 Å². The molecule has 8 nitrogen and oxygen atoms in total. The summed E-state index contributed by atoms with van der Waals surface area (Å²) in [5, 5.41) is 17.9. The minimum absolute atomic E-state index is 0.151. The molecule has 1 aromatic heterocycles. The molecule has 0 aliphatic carbocycles. The van der Waals surface area contributed by atoms with Gasteiger partial charge in [0.05, 0.1) is 0 Å². The molecule has 1 aromatic rings. The number of amides is 1. The van der Waals surface area contributed by atoms with Gasteiger partial charge in [-0.3, -0.25) is 4.68 Å². The Labute approximate surface area is 123 Å². The van der Waals surface area contributed by atoms with E-state index in [1.807, 2.05) is 13.8 Å². The Balaban J connectivity index is 1.96. The van der Waals surface area contributed by atoms with Crippen LogP contribution in [0.5, 0.6) is 0 Å². The van der Waals surface area contributed by atoms with E-state index in [1.165, 1.54) is 15.6 Å². The van der Waals surface area contributed by atoms with E-state index in [0.29, 0.717) is 13.1 Å². The van der Waals surface area contributed by atoms with E-state index in [0.717, 1.165) is 12.8 Å². The van der Waals surface area contributed by atoms with E-state index in [-0.39, 0.29) is 16.5 Å². The Morgan fingerprint density at radius 1 is 1.57 bits per heavy atom. The van der Waals surface area contributed by atoms with E-state index < -0.39 is 16.1 Å². The monoisotopic (exact) mass is 316 g/mol. The van der Waals surface area contributed by atoms with Gasteiger partial charge in [-0.25, -0.2) is 18.4 Å². The summed E-state index contributed by atoms with van der Waals surface area (Å²) in [5.74, 6) is 0.234. The number of hydrogen-bond acceptors (Lipinski definition) is 4. The summed E-state index contributed by atoms with van der Waals surface area (Å²) < 4.78 is 23.8. The van der Waals surface area contributed by atoms with Crippen LogP contribution < -0.4 is 5.14 Å². The number of primary sulfonamides is 1. The molecule has 1 fully saturated rings. The van der Waals surface area contributed by atoms with E-state index in [4.69, 9.17) is 5.14 Å². The van der Waals surface area contributed by atoms with Gasteiger partial charge in [0.2, 0.25) is 0 Å². The maximum atomic E-state index is 11.2. The van der Waals surface area contributed by atoms with Crippen LogP contribution in [0.25, 0.3) is 0 Å². The largest absolute Gasteiger partial charge is 0.465 e. The summed E-state index contributed by atoms with van der Waals surface area (Å²) in [4.78, 5) is 12.6. The lowest BCUT2D eigenvalue weighted by molar-refractivity contribution is 0.117. The van der Waals surface area contributed by atoms with Gasteiger partial charge < -0.3 is 10.0 Å². The number of hydrogen-bond donors (Lipinski definition) is 2. The molecule has 1 saturated heterocycles. The number of likely N-dealkylation sites (tertiary alicyclic amines) is 1. The van der Waals surface area contributed by atoms with E-state index in [2.05, 4.69) is 5.10 Å². The van der Waals surface area contributed by atoms with Crippen molar-refractivity contribution in [2.75, 3.05) is 6.54 Å². The highest BCUT2D eigenvalue weighted by Gasteiger charge is 2.40. The van der Waals surface area contributed by atoms with E-state index >= 15 is 0 Å². The van der Waals surface area contributed by atoms with Crippen LogP contribution in [0.2, 0.25) is 0 Å². The Hall–Kier alpha value is -1.61. The average Bonchev–Trinajstić information content (AvgIpc) is 2.89. The summed E-state index contributed by atoms with van der Waals surface area (Å²) in [6.45, 7) is 4.84. The summed E-state index contributed by atoms with van der Waals surface area (Å²) in [5.41, 5.74) is -0.369. The Morgan fingerprint density at radius 2 is 2.24 bits per heavy atom. The van der Waals surface area contributed by atoms with Gasteiger partial charge in [0.1, 0.15) is 0 Å². The molecule has 1 unspecified atom stereocenters. The van der Waals surface area contributed by atoms with Crippen molar-refractivity contribution < 1.29 is 18.3 Å². The first-order chi connectivity index (χ1) is 9.59. The van der Waals surface area contributed by atoms with Gasteiger partial charge in [-0.2, -0.15) is 5.10 Å². The highest BCUT2D eigenvalue weighted by molar-refractivity contribution is 7.89. The van der Waals surface area contributed by atoms with Gasteiger partial charge in [0.15, 0.2) is 5.03 Å². The molecule has 1 atom stereocenters. The second kappa shape index (κ2) is 5.30. The summed E-state index contributed by atoms with van der Waals surface area (Å²) in [6.07, 6.45) is 2.18. The SMILES string of the molecule is CC1(C)CC(CCn2ccc(S(N)(=O)=O)n2)CN1C(=O)O. The first-order valence-electron chi connectivity index (χ1n) is 6.66. The molecule has 1 aliphatic rings. The molecular formula is C12H20N4O4S. The van der Waals surface area contributed by atoms with Crippen LogP contribution in [0.1, 0.15) is 26.7 Å². The molecule has 9 heteroatoms. The molecule has 0 saturated carbocycles. The number of carboxylic acid groups (broad SMARTS) is 1. The fraction of sp³-hybridized carbons (Fsp3) is 0.667. The van der Waals surface area contributed by atoms with Crippen LogP contribution in [0.4, 0.5) is 4.79 Å². The molecule has 21 heavy (non-hydrogen) atoms. The van der Waals surface area contributed by atoms with Crippen molar-refractivity contribution in [3.8, 4) is 0 Å². The lowest BCUT2D eigenvalue weighted by Crippen LogP contribution is -2.41. The standard InChI is InChI=1S/C12H20N4O4S/c1-12(2)7-9(8-16(12)11(17)18)3-5-15-6-4-10(14-15)21(13,19)20/h4,6,9H,3,5,7-8H2,1-2H3,(H,17,18)(H2,13,19,20). The second-order valence-electron chi connectivity index (χ2n) is 6.03. The number of carbonyl (C=O) groups is 1. The number of rotatable bonds is 4. The first kappa shape index (κ1) is 15.8. The number of nitrogens with two attached hydrogens (primary N) is 1. The van der Waals surface area contributed by atoms with Gasteiger partial charge in [0.25, 0.3) is 10.0 Å². The molecule has 0 aromatic carbocycles. The van der Waals surface area contributed by atoms with E-state index in [1.54, 1.807) is 6.20 Å². The minimum atomic E-state index is -3.78. The molecule has 2 heterocycles. The molecule has 0 spiro atoms. The van der Waals surface area contributed by atoms with Crippen LogP contribution in [0.3, 0.4) is 0 Å². The Morgan fingerprint density at radius 3 is 2.71 bits per heavy atom. The first-order valence-corrected chi connectivity index (χ1v) is 8.21. The normalized spacial score (nSPS) is 21.7. The lowest BCUT2D eigenvalue weighted by Gasteiger charge is -2.28. The third kappa shape index (κ3) is 3.53. The third-order valence-electron chi connectivity index (χ3n) is 3.86. The predicted molar refractivity (Wildman–Crippen MR) is 75.1 cm³/mol. The number of aryl methyl sites for hydroxylation is 1. The van der Waals surface area contributed by atoms with Crippen molar-refractivity contribution in [2.45, 2.75) is 43.8 Å². The summed E-state index contributed by atoms with van der Waals surface area (Å²) in [7, 11) is -3.78. The molecule has 0 bridgehead atoms. The van der Waals surface area contributed by atoms with E-state index in [9.17, 15) is 18.3 Å². The quantitative estimate of drug-likeness (QED) is 0.847. The van der Waals surface area contributed by atoms with Crippen molar-refractivity contribution >= 4 is 16.1 Å². The molecule has 0 radical (unpaired) electrons. The van der Waals surface area contributed by atoms with Crippen molar-refractivity contribution in [3.63, 3.8) is 0 Å². The van der Waals surface area contributed by atoms with Gasteiger partial charge in [-0.15, -0.1) is 0 Å². The van der Waals surface area contributed by atoms with Crippen molar-refractivity contribution in [2.24, 2.45) is 11.1 Å². The highest BCUT2D eigenvalue weighted by atomic mass is 32.2. The third-order valence-corrected chi connectivity index (χ3v) is 4.67. The maximum absolute atomic E-state index is 11.2. The zero-order valence-corrected chi connectivity index (χ0v) is 12.9. The number of nitrogens with zero attached hydrogens (tertiary/aromatic N) is 3. The molecule has 118 valence electrons. The molecule has 1 aliphatic heterocycles. The van der Waals surface area contributed by atoms with Gasteiger partial charge in [-0.05, 0) is 38.7 Å². The van der Waals surface area contributed by atoms with Crippen molar-refractivity contribution in [3.05, 3.63) is 12.3 Å². The van der Waals surface area contributed by atoms with Crippen LogP contribution >= 0.6 is 0 Å². The van der Waals surface area contributed by atoms with Crippen molar-refractivity contribution in [1.29, 1.82) is 0 Å². The van der Waals surface area contributed by atoms with Crippen LogP contribution in [-0.2, 0) is 16.6 Å². The fourth-order valence-corrected chi connectivity index (χ4v) is 3.32. The molecule has 3 N–H and O–H groups in total. The lowest BCUT2D eigenvalue weighted by atomic mass is 9.94. The highest BCUT2D eigenvalue weighted by Crippen LogP contribution is 2.34. The Kier molecular flexibility index (Phi) is 3.98. The zero-order valence-electron chi connectivity index (χ0n) is 12.1. The van der Waals surface area contributed by atoms with Crippen LogP contribution in [-0.4, -0.2) is 46.4 Å². The Bertz CT molecular complexity index is 637. The molecule has 1 amide bonds. The topological polar surface area (TPSA) is 119 Å². The predicted octanol–water partition coefficient (Wildman–Crippen LogP) is 0.699. The number of aromatic nitrogens is 2. The molecular weight excluding hydrogens is 296 g/mol. The fourth-order valence-electron chi connectivity index (χ4n) is 2.85. The summed E-state index contributed by atoms with van der Waals surface area (Å²) in [6, 6.07) is 1.36. The average molecular weight is 316 g/mol. The second-order valence-corrected chi connectivity index (χ2v) is 7.53. The van der Waals surface area contributed by atoms with Crippen LogP contribution in [0.15, 0.2) is 17.3 Å². The number of sulfonamides is 1. The van der Waals surface area contributed by atoms with Crippen molar-refractivity contribution in [1.82, 2.24) is 14.7 Å².